The van der Waals surface area contributed by atoms with Gasteiger partial charge in [0.2, 0.25) is 0 Å². The number of anilines is 1. The van der Waals surface area contributed by atoms with Crippen LogP contribution in [0, 0.1) is 0 Å². The van der Waals surface area contributed by atoms with Crippen LogP contribution in [0.3, 0.4) is 0 Å². The molecule has 2 aliphatic carbocycles. The monoisotopic (exact) mass is 718 g/mol. The van der Waals surface area contributed by atoms with Crippen molar-refractivity contribution in [2.45, 2.75) is 37.8 Å². The lowest BCUT2D eigenvalue weighted by Crippen LogP contribution is -2.46. The van der Waals surface area contributed by atoms with E-state index in [-0.39, 0.29) is 12.1 Å². The largest absolute Gasteiger partial charge is 0.358 e. The molecule has 2 atom stereocenters. The Labute approximate surface area is 327 Å². The van der Waals surface area contributed by atoms with Gasteiger partial charge in [0.05, 0.1) is 17.1 Å². The first kappa shape index (κ1) is 32.8. The summed E-state index contributed by atoms with van der Waals surface area (Å²) in [6, 6.07) is 65.3. The fourth-order valence-corrected chi connectivity index (χ4v) is 9.79. The van der Waals surface area contributed by atoms with Gasteiger partial charge in [-0.15, -0.1) is 0 Å². The van der Waals surface area contributed by atoms with Crippen molar-refractivity contribution < 1.29 is 0 Å². The van der Waals surface area contributed by atoms with Crippen molar-refractivity contribution in [3.8, 4) is 16.8 Å². The van der Waals surface area contributed by atoms with E-state index in [1.807, 2.05) is 0 Å². The zero-order valence-corrected chi connectivity index (χ0v) is 31.4. The normalized spacial score (nSPS) is 16.7. The molecule has 11 rings (SSSR count). The molecule has 0 aliphatic heterocycles. The first-order valence-corrected chi connectivity index (χ1v) is 20.1. The van der Waals surface area contributed by atoms with Gasteiger partial charge in [0.1, 0.15) is 0 Å². The van der Waals surface area contributed by atoms with Gasteiger partial charge >= 0.3 is 0 Å². The Kier molecular flexibility index (Phi) is 7.95. The zero-order chi connectivity index (χ0) is 37.0. The van der Waals surface area contributed by atoms with Gasteiger partial charge in [-0.2, -0.15) is 0 Å². The van der Waals surface area contributed by atoms with E-state index in [9.17, 15) is 0 Å². The second kappa shape index (κ2) is 13.6. The number of rotatable bonds is 6. The molecule has 1 heterocycles. The number of hydrogen-bond acceptors (Lipinski definition) is 1. The van der Waals surface area contributed by atoms with E-state index in [1.165, 1.54) is 87.4 Å². The highest BCUT2D eigenvalue weighted by atomic mass is 15.2. The molecule has 268 valence electrons. The number of nitrogens with zero attached hydrogens (tertiary/aromatic N) is 2. The molecule has 56 heavy (non-hydrogen) atoms. The van der Waals surface area contributed by atoms with Crippen LogP contribution in [0.1, 0.15) is 31.2 Å². The molecule has 2 heteroatoms. The highest BCUT2D eigenvalue weighted by Gasteiger charge is 2.29. The third-order valence-electron chi connectivity index (χ3n) is 12.3. The SMILES string of the molecule is C1=C(c2cccc3c2c2c4ccccc4ccc2n3-c2ccccc2)CCCC1N(c1cccc(-c2ccccc2)c1)C1C=c2ccc3ccccc3c2=CC1. The molecule has 0 N–H and O–H groups in total. The number of allylic oxidation sites excluding steroid dienone is 1. The highest BCUT2D eigenvalue weighted by Crippen LogP contribution is 2.43. The number of para-hydroxylation sites is 1. The van der Waals surface area contributed by atoms with Crippen LogP contribution in [0.25, 0.3) is 77.9 Å². The molecule has 1 aromatic heterocycles. The maximum absolute atomic E-state index is 2.74. The van der Waals surface area contributed by atoms with Crippen LogP contribution in [0.2, 0.25) is 0 Å². The molecule has 0 radical (unpaired) electrons. The van der Waals surface area contributed by atoms with E-state index in [1.54, 1.807) is 0 Å². The van der Waals surface area contributed by atoms with E-state index >= 15 is 0 Å². The minimum absolute atomic E-state index is 0.218. The van der Waals surface area contributed by atoms with Crippen molar-refractivity contribution in [3.63, 3.8) is 0 Å². The van der Waals surface area contributed by atoms with Crippen molar-refractivity contribution in [3.05, 3.63) is 198 Å². The summed E-state index contributed by atoms with van der Waals surface area (Å²) in [5.41, 5.74) is 10.3. The smallest absolute Gasteiger partial charge is 0.0547 e. The molecule has 2 aliphatic rings. The maximum Gasteiger partial charge on any atom is 0.0547 e. The molecule has 0 saturated carbocycles. The lowest BCUT2D eigenvalue weighted by atomic mass is 9.86. The molecule has 8 aromatic carbocycles. The lowest BCUT2D eigenvalue weighted by Gasteiger charge is -2.40. The average Bonchev–Trinajstić information content (AvgIpc) is 3.62. The second-order valence-electron chi connectivity index (χ2n) is 15.5. The highest BCUT2D eigenvalue weighted by molar-refractivity contribution is 6.23. The summed E-state index contributed by atoms with van der Waals surface area (Å²) < 4.78 is 2.47. The number of benzene rings is 8. The standard InChI is InChI=1S/C54H42N2/c1-3-14-37(15-4-1)40-18-11-22-44(34-40)55(46-31-32-48-42(36-46)29-28-38-16-7-9-24-47(38)48)45-23-12-19-41(35-45)50-26-13-27-51-54(50)53-49-25-10-8-17-39(49)30-33-52(53)56(51)43-20-5-2-6-21-43/h1-11,13-18,20-22,24-30,32-36,45-46H,12,19,23,31H2. The van der Waals surface area contributed by atoms with Gasteiger partial charge in [-0.3, -0.25) is 0 Å². The first-order valence-electron chi connectivity index (χ1n) is 20.1. The van der Waals surface area contributed by atoms with Crippen LogP contribution in [-0.4, -0.2) is 16.7 Å². The Bertz CT molecular complexity index is 3100. The number of hydrogen-bond donors (Lipinski definition) is 0. The zero-order valence-electron chi connectivity index (χ0n) is 31.4. The van der Waals surface area contributed by atoms with Gasteiger partial charge in [-0.05, 0) is 116 Å². The van der Waals surface area contributed by atoms with Gasteiger partial charge in [0.15, 0.2) is 0 Å². The van der Waals surface area contributed by atoms with Gasteiger partial charge in [-0.25, -0.2) is 0 Å². The van der Waals surface area contributed by atoms with Gasteiger partial charge in [0.25, 0.3) is 0 Å². The summed E-state index contributed by atoms with van der Waals surface area (Å²) in [5.74, 6) is 0. The fraction of sp³-hybridized carbons (Fsp3) is 0.111. The average molecular weight is 719 g/mol. The first-order chi connectivity index (χ1) is 27.8. The summed E-state index contributed by atoms with van der Waals surface area (Å²) in [5, 5.41) is 10.6. The van der Waals surface area contributed by atoms with Gasteiger partial charge in [-0.1, -0.05) is 158 Å². The van der Waals surface area contributed by atoms with Crippen LogP contribution in [0.5, 0.6) is 0 Å². The van der Waals surface area contributed by atoms with E-state index < -0.39 is 0 Å². The van der Waals surface area contributed by atoms with E-state index in [2.05, 4.69) is 204 Å². The van der Waals surface area contributed by atoms with Gasteiger partial charge < -0.3 is 9.47 Å². The topological polar surface area (TPSA) is 8.17 Å². The van der Waals surface area contributed by atoms with Crippen molar-refractivity contribution in [1.29, 1.82) is 0 Å². The summed E-state index contributed by atoms with van der Waals surface area (Å²) in [6.07, 6.45) is 11.9. The van der Waals surface area contributed by atoms with Crippen molar-refractivity contribution >= 4 is 66.8 Å². The van der Waals surface area contributed by atoms with Crippen molar-refractivity contribution in [1.82, 2.24) is 4.57 Å². The quantitative estimate of drug-likeness (QED) is 0.166. The lowest BCUT2D eigenvalue weighted by molar-refractivity contribution is 0.568. The van der Waals surface area contributed by atoms with Crippen molar-refractivity contribution in [2.24, 2.45) is 0 Å². The predicted octanol–water partition coefficient (Wildman–Crippen LogP) is 12.2. The van der Waals surface area contributed by atoms with E-state index in [0.717, 1.165) is 25.7 Å². The van der Waals surface area contributed by atoms with Crippen LogP contribution in [-0.2, 0) is 0 Å². The number of fused-ring (bicyclic) bond motifs is 8. The Morgan fingerprint density at radius 3 is 2.07 bits per heavy atom. The van der Waals surface area contributed by atoms with E-state index in [0.29, 0.717) is 0 Å². The molecule has 2 nitrogen and oxygen atoms in total. The third kappa shape index (κ3) is 5.47. The van der Waals surface area contributed by atoms with E-state index in [4.69, 9.17) is 0 Å². The fourth-order valence-electron chi connectivity index (χ4n) is 9.79. The summed E-state index contributed by atoms with van der Waals surface area (Å²) in [6.45, 7) is 0. The summed E-state index contributed by atoms with van der Waals surface area (Å²) >= 11 is 0. The second-order valence-corrected chi connectivity index (χ2v) is 15.5. The molecule has 0 spiro atoms. The van der Waals surface area contributed by atoms with Crippen LogP contribution >= 0.6 is 0 Å². The van der Waals surface area contributed by atoms with Gasteiger partial charge in [0, 0.05) is 28.2 Å². The predicted molar refractivity (Wildman–Crippen MR) is 239 cm³/mol. The third-order valence-corrected chi connectivity index (χ3v) is 12.3. The van der Waals surface area contributed by atoms with Crippen LogP contribution in [0.15, 0.2) is 182 Å². The Morgan fingerprint density at radius 2 is 1.21 bits per heavy atom. The van der Waals surface area contributed by atoms with Crippen LogP contribution in [0.4, 0.5) is 5.69 Å². The molecule has 2 unspecified atom stereocenters. The Morgan fingerprint density at radius 1 is 0.518 bits per heavy atom. The summed E-state index contributed by atoms with van der Waals surface area (Å²) in [4.78, 5) is 2.74. The molecule has 0 fully saturated rings. The number of aromatic nitrogens is 1. The molecule has 0 bridgehead atoms. The maximum atomic E-state index is 2.74. The molecule has 9 aromatic rings. The summed E-state index contributed by atoms with van der Waals surface area (Å²) in [7, 11) is 0. The molecular formula is C54H42N2. The molecular weight excluding hydrogens is 677 g/mol. The Balaban J connectivity index is 1.11. The molecule has 0 amide bonds. The Hall–Kier alpha value is -6.64. The van der Waals surface area contributed by atoms with Crippen molar-refractivity contribution in [2.75, 3.05) is 4.90 Å². The minimum atomic E-state index is 0.218. The molecule has 0 saturated heterocycles. The minimum Gasteiger partial charge on any atom is -0.358 e. The van der Waals surface area contributed by atoms with Crippen LogP contribution < -0.4 is 15.3 Å².